The van der Waals surface area contributed by atoms with Gasteiger partial charge in [0.1, 0.15) is 11.5 Å². The molecule has 144 valence electrons. The van der Waals surface area contributed by atoms with Crippen LogP contribution in [0.1, 0.15) is 23.1 Å². The van der Waals surface area contributed by atoms with Crippen molar-refractivity contribution in [1.82, 2.24) is 19.3 Å². The molecule has 2 aromatic heterocycles. The number of rotatable bonds is 3. The molecule has 0 unspecified atom stereocenters. The molecule has 5 rings (SSSR count). The molecule has 0 spiro atoms. The summed E-state index contributed by atoms with van der Waals surface area (Å²) in [6.45, 7) is 0.536. The SMILES string of the molecule is O=c1cnn2c(c1O)-c1nccn1C[C@@H]2[C@H](c1ccccc1)c1ccc(F)cc1. The van der Waals surface area contributed by atoms with Gasteiger partial charge in [0.05, 0.1) is 12.2 Å². The second kappa shape index (κ2) is 6.70. The van der Waals surface area contributed by atoms with Gasteiger partial charge < -0.3 is 9.67 Å². The average Bonchev–Trinajstić information content (AvgIpc) is 3.21. The van der Waals surface area contributed by atoms with E-state index in [9.17, 15) is 14.3 Å². The molecule has 0 amide bonds. The second-order valence-electron chi connectivity index (χ2n) is 7.06. The fourth-order valence-electron chi connectivity index (χ4n) is 4.08. The molecule has 0 fully saturated rings. The highest BCUT2D eigenvalue weighted by Gasteiger charge is 2.35. The van der Waals surface area contributed by atoms with E-state index in [1.807, 2.05) is 41.1 Å². The Bertz CT molecular complexity index is 1230. The summed E-state index contributed by atoms with van der Waals surface area (Å²) in [6.07, 6.45) is 4.57. The van der Waals surface area contributed by atoms with E-state index in [-0.39, 0.29) is 23.5 Å². The molecule has 0 radical (unpaired) electrons. The molecule has 6 nitrogen and oxygen atoms in total. The first-order valence-electron chi connectivity index (χ1n) is 9.26. The van der Waals surface area contributed by atoms with Crippen molar-refractivity contribution in [3.8, 4) is 17.3 Å². The third kappa shape index (κ3) is 2.82. The minimum Gasteiger partial charge on any atom is -0.503 e. The zero-order valence-electron chi connectivity index (χ0n) is 15.3. The van der Waals surface area contributed by atoms with Crippen molar-refractivity contribution in [2.45, 2.75) is 18.5 Å². The third-order valence-electron chi connectivity index (χ3n) is 5.38. The molecule has 3 heterocycles. The smallest absolute Gasteiger partial charge is 0.242 e. The van der Waals surface area contributed by atoms with Gasteiger partial charge in [0.25, 0.3) is 0 Å². The Morgan fingerprint density at radius 2 is 1.79 bits per heavy atom. The number of fused-ring (bicyclic) bond motifs is 3. The van der Waals surface area contributed by atoms with E-state index in [0.29, 0.717) is 18.1 Å². The second-order valence-corrected chi connectivity index (χ2v) is 7.06. The molecule has 1 N–H and O–H groups in total. The monoisotopic (exact) mass is 388 g/mol. The lowest BCUT2D eigenvalue weighted by atomic mass is 9.84. The molecule has 7 heteroatoms. The molecule has 0 bridgehead atoms. The minimum absolute atomic E-state index is 0.180. The number of imidazole rings is 1. The van der Waals surface area contributed by atoms with Gasteiger partial charge in [-0.1, -0.05) is 42.5 Å². The fourth-order valence-corrected chi connectivity index (χ4v) is 4.08. The van der Waals surface area contributed by atoms with Gasteiger partial charge in [-0.05, 0) is 23.3 Å². The highest BCUT2D eigenvalue weighted by Crippen LogP contribution is 2.42. The Kier molecular flexibility index (Phi) is 4.01. The van der Waals surface area contributed by atoms with Crippen LogP contribution in [0.5, 0.6) is 5.75 Å². The lowest BCUT2D eigenvalue weighted by Gasteiger charge is -2.34. The largest absolute Gasteiger partial charge is 0.503 e. The Balaban J connectivity index is 1.75. The number of benzene rings is 2. The summed E-state index contributed by atoms with van der Waals surface area (Å²) in [5.74, 6) is -0.362. The first-order valence-corrected chi connectivity index (χ1v) is 9.26. The summed E-state index contributed by atoms with van der Waals surface area (Å²) in [4.78, 5) is 16.4. The fraction of sp³-hybridized carbons (Fsp3) is 0.136. The van der Waals surface area contributed by atoms with Crippen molar-refractivity contribution in [3.63, 3.8) is 0 Å². The van der Waals surface area contributed by atoms with E-state index < -0.39 is 5.43 Å². The van der Waals surface area contributed by atoms with Crippen molar-refractivity contribution in [2.75, 3.05) is 0 Å². The van der Waals surface area contributed by atoms with E-state index >= 15 is 0 Å². The number of hydrogen-bond donors (Lipinski definition) is 1. The zero-order chi connectivity index (χ0) is 20.0. The maximum atomic E-state index is 13.6. The van der Waals surface area contributed by atoms with Gasteiger partial charge in [0.15, 0.2) is 11.6 Å². The third-order valence-corrected chi connectivity index (χ3v) is 5.38. The van der Waals surface area contributed by atoms with Crippen LogP contribution in [0.3, 0.4) is 0 Å². The number of aromatic nitrogens is 4. The molecule has 1 aliphatic rings. The maximum absolute atomic E-state index is 13.6. The van der Waals surface area contributed by atoms with E-state index in [1.54, 1.807) is 23.0 Å². The van der Waals surface area contributed by atoms with Gasteiger partial charge in [0, 0.05) is 24.9 Å². The maximum Gasteiger partial charge on any atom is 0.242 e. The predicted octanol–water partition coefficient (Wildman–Crippen LogP) is 3.34. The van der Waals surface area contributed by atoms with Crippen LogP contribution in [0, 0.1) is 5.82 Å². The summed E-state index contributed by atoms with van der Waals surface area (Å²) in [5.41, 5.74) is 1.68. The summed E-state index contributed by atoms with van der Waals surface area (Å²) < 4.78 is 17.2. The predicted molar refractivity (Wildman–Crippen MR) is 105 cm³/mol. The Labute approximate surface area is 165 Å². The molecule has 2 atom stereocenters. The Morgan fingerprint density at radius 1 is 1.07 bits per heavy atom. The van der Waals surface area contributed by atoms with E-state index in [2.05, 4.69) is 10.1 Å². The van der Waals surface area contributed by atoms with Crippen LogP contribution in [0.2, 0.25) is 0 Å². The van der Waals surface area contributed by atoms with Crippen molar-refractivity contribution in [3.05, 3.63) is 100 Å². The first-order chi connectivity index (χ1) is 14.1. The zero-order valence-corrected chi connectivity index (χ0v) is 15.3. The standard InChI is InChI=1S/C22H17FN4O2/c23-16-8-6-15(7-9-16)19(14-4-2-1-3-5-14)17-13-26-11-10-24-22(26)20-21(29)18(28)12-25-27(17)20/h1-12,17,19,29H,13H2/t17-,19-/m1/s1. The topological polar surface area (TPSA) is 72.9 Å². The average molecular weight is 388 g/mol. The molecule has 1 aliphatic heterocycles. The molecular weight excluding hydrogens is 371 g/mol. The van der Waals surface area contributed by atoms with Gasteiger partial charge in [0.2, 0.25) is 5.43 Å². The quantitative estimate of drug-likeness (QED) is 0.584. The molecule has 2 aromatic carbocycles. The number of aromatic hydroxyl groups is 1. The molecule has 29 heavy (non-hydrogen) atoms. The van der Waals surface area contributed by atoms with Gasteiger partial charge in [-0.2, -0.15) is 5.10 Å². The first kappa shape index (κ1) is 17.4. The molecule has 0 aliphatic carbocycles. The normalized spacial score (nSPS) is 16.1. The van der Waals surface area contributed by atoms with Crippen LogP contribution in [-0.2, 0) is 6.54 Å². The molecular formula is C22H17FN4O2. The number of halogens is 1. The molecule has 0 saturated carbocycles. The van der Waals surface area contributed by atoms with Crippen LogP contribution < -0.4 is 5.43 Å². The number of hydrogen-bond acceptors (Lipinski definition) is 4. The van der Waals surface area contributed by atoms with Crippen molar-refractivity contribution < 1.29 is 9.50 Å². The van der Waals surface area contributed by atoms with Crippen LogP contribution in [0.15, 0.2) is 78.0 Å². The van der Waals surface area contributed by atoms with Crippen molar-refractivity contribution >= 4 is 0 Å². The van der Waals surface area contributed by atoms with Crippen LogP contribution in [-0.4, -0.2) is 24.4 Å². The van der Waals surface area contributed by atoms with Crippen molar-refractivity contribution in [2.24, 2.45) is 0 Å². The van der Waals surface area contributed by atoms with Gasteiger partial charge in [-0.25, -0.2) is 9.37 Å². The summed E-state index contributed by atoms with van der Waals surface area (Å²) in [7, 11) is 0. The molecule has 0 saturated heterocycles. The van der Waals surface area contributed by atoms with Crippen LogP contribution in [0.4, 0.5) is 4.39 Å². The van der Waals surface area contributed by atoms with E-state index in [4.69, 9.17) is 0 Å². The number of nitrogens with zero attached hydrogens (tertiary/aromatic N) is 4. The summed E-state index contributed by atoms with van der Waals surface area (Å²) in [5, 5.41) is 14.9. The summed E-state index contributed by atoms with van der Waals surface area (Å²) >= 11 is 0. The van der Waals surface area contributed by atoms with Crippen LogP contribution in [0.25, 0.3) is 11.5 Å². The lowest BCUT2D eigenvalue weighted by Crippen LogP contribution is -2.32. The lowest BCUT2D eigenvalue weighted by molar-refractivity contribution is 0.331. The van der Waals surface area contributed by atoms with Gasteiger partial charge >= 0.3 is 0 Å². The Morgan fingerprint density at radius 3 is 2.55 bits per heavy atom. The highest BCUT2D eigenvalue weighted by atomic mass is 19.1. The van der Waals surface area contributed by atoms with E-state index in [1.165, 1.54) is 12.1 Å². The van der Waals surface area contributed by atoms with Crippen molar-refractivity contribution in [1.29, 1.82) is 0 Å². The van der Waals surface area contributed by atoms with Gasteiger partial charge in [-0.3, -0.25) is 9.48 Å². The van der Waals surface area contributed by atoms with Gasteiger partial charge in [-0.15, -0.1) is 0 Å². The minimum atomic E-state index is -0.551. The Hall–Kier alpha value is -3.74. The molecule has 4 aromatic rings. The summed E-state index contributed by atoms with van der Waals surface area (Å²) in [6, 6.07) is 16.0. The van der Waals surface area contributed by atoms with Crippen LogP contribution >= 0.6 is 0 Å². The highest BCUT2D eigenvalue weighted by molar-refractivity contribution is 5.60. The van der Waals surface area contributed by atoms with E-state index in [0.717, 1.165) is 17.3 Å².